The number of nitrogens with one attached hydrogen (secondary N) is 2. The van der Waals surface area contributed by atoms with Crippen molar-refractivity contribution >= 4 is 41.0 Å². The zero-order valence-corrected chi connectivity index (χ0v) is 18.7. The lowest BCUT2D eigenvalue weighted by molar-refractivity contribution is -0.125. The Morgan fingerprint density at radius 2 is 1.67 bits per heavy atom. The van der Waals surface area contributed by atoms with Crippen LogP contribution in [0.3, 0.4) is 0 Å². The number of hydrogen-bond donors (Lipinski definition) is 2. The van der Waals surface area contributed by atoms with Crippen LogP contribution < -0.4 is 10.6 Å². The Labute approximate surface area is 196 Å². The van der Waals surface area contributed by atoms with Gasteiger partial charge in [-0.25, -0.2) is 4.79 Å². The van der Waals surface area contributed by atoms with Crippen molar-refractivity contribution < 1.29 is 19.2 Å². The van der Waals surface area contributed by atoms with Crippen molar-refractivity contribution in [3.63, 3.8) is 0 Å². The summed E-state index contributed by atoms with van der Waals surface area (Å²) in [6.45, 7) is 2.27. The van der Waals surface area contributed by atoms with Gasteiger partial charge in [0, 0.05) is 31.7 Å². The molecule has 2 saturated heterocycles. The second-order valence-corrected chi connectivity index (χ2v) is 8.30. The first kappa shape index (κ1) is 22.8. The van der Waals surface area contributed by atoms with Crippen molar-refractivity contribution in [2.45, 2.75) is 6.54 Å². The fraction of sp³-hybridized carbons (Fsp3) is 0.304. The molecular formula is C23H24ClN5O4. The van der Waals surface area contributed by atoms with Gasteiger partial charge in [-0.15, -0.1) is 0 Å². The van der Waals surface area contributed by atoms with Gasteiger partial charge in [0.1, 0.15) is 0 Å². The summed E-state index contributed by atoms with van der Waals surface area (Å²) in [5.74, 6) is -0.634. The number of carbonyl (C=O) groups excluding carboxylic acids is 4. The third-order valence-electron chi connectivity index (χ3n) is 5.69. The summed E-state index contributed by atoms with van der Waals surface area (Å²) in [5.41, 5.74) is 1.66. The molecule has 9 nitrogen and oxygen atoms in total. The quantitative estimate of drug-likeness (QED) is 0.628. The van der Waals surface area contributed by atoms with Gasteiger partial charge in [-0.1, -0.05) is 41.9 Å². The predicted octanol–water partition coefficient (Wildman–Crippen LogP) is 1.79. The fourth-order valence-electron chi connectivity index (χ4n) is 3.89. The number of rotatable bonds is 6. The molecule has 2 fully saturated rings. The van der Waals surface area contributed by atoms with Crippen molar-refractivity contribution in [3.05, 3.63) is 64.7 Å². The second kappa shape index (κ2) is 10.0. The summed E-state index contributed by atoms with van der Waals surface area (Å²) in [4.78, 5) is 54.2. The third kappa shape index (κ3) is 5.32. The molecule has 2 heterocycles. The Morgan fingerprint density at radius 1 is 0.970 bits per heavy atom. The van der Waals surface area contributed by atoms with Gasteiger partial charge in [-0.2, -0.15) is 0 Å². The van der Waals surface area contributed by atoms with Crippen LogP contribution in [0.25, 0.3) is 0 Å². The fourth-order valence-corrected chi connectivity index (χ4v) is 4.07. The number of para-hydroxylation sites is 1. The first-order valence-electron chi connectivity index (χ1n) is 10.6. The van der Waals surface area contributed by atoms with Crippen LogP contribution in [0.2, 0.25) is 5.02 Å². The van der Waals surface area contributed by atoms with Crippen LogP contribution in [0.5, 0.6) is 0 Å². The van der Waals surface area contributed by atoms with Crippen LogP contribution >= 0.6 is 11.6 Å². The summed E-state index contributed by atoms with van der Waals surface area (Å²) in [5, 5.41) is 5.77. The van der Waals surface area contributed by atoms with E-state index in [0.717, 1.165) is 4.90 Å². The second-order valence-electron chi connectivity index (χ2n) is 7.89. The van der Waals surface area contributed by atoms with Gasteiger partial charge >= 0.3 is 6.03 Å². The zero-order chi connectivity index (χ0) is 23.4. The van der Waals surface area contributed by atoms with E-state index < -0.39 is 6.03 Å². The number of hydrogen-bond acceptors (Lipinski definition) is 5. The maximum atomic E-state index is 13.2. The van der Waals surface area contributed by atoms with Crippen molar-refractivity contribution in [3.8, 4) is 0 Å². The molecule has 0 spiro atoms. The van der Waals surface area contributed by atoms with Gasteiger partial charge in [-0.05, 0) is 23.8 Å². The molecule has 0 saturated carbocycles. The van der Waals surface area contributed by atoms with Crippen molar-refractivity contribution in [2.75, 3.05) is 44.6 Å². The van der Waals surface area contributed by atoms with Gasteiger partial charge in [-0.3, -0.25) is 24.2 Å². The highest BCUT2D eigenvalue weighted by atomic mass is 35.5. The van der Waals surface area contributed by atoms with Crippen LogP contribution in [0.1, 0.15) is 15.9 Å². The average Bonchev–Trinajstić information content (AvgIpc) is 3.13. The van der Waals surface area contributed by atoms with E-state index in [9.17, 15) is 19.2 Å². The van der Waals surface area contributed by atoms with Gasteiger partial charge in [0.25, 0.3) is 5.91 Å². The zero-order valence-electron chi connectivity index (χ0n) is 17.9. The van der Waals surface area contributed by atoms with E-state index in [0.29, 0.717) is 48.0 Å². The molecule has 2 N–H and O–H groups in total. The van der Waals surface area contributed by atoms with Gasteiger partial charge in [0.15, 0.2) is 0 Å². The van der Waals surface area contributed by atoms with Crippen LogP contribution in [0.4, 0.5) is 10.5 Å². The van der Waals surface area contributed by atoms with Crippen LogP contribution in [-0.2, 0) is 16.1 Å². The molecule has 2 aromatic carbocycles. The Morgan fingerprint density at radius 3 is 2.36 bits per heavy atom. The first-order valence-corrected chi connectivity index (χ1v) is 11.0. The van der Waals surface area contributed by atoms with E-state index in [1.54, 1.807) is 53.4 Å². The Balaban J connectivity index is 1.33. The molecular weight excluding hydrogens is 446 g/mol. The van der Waals surface area contributed by atoms with E-state index in [-0.39, 0.29) is 37.4 Å². The maximum absolute atomic E-state index is 13.2. The smallest absolute Gasteiger partial charge is 0.324 e. The number of halogens is 1. The molecule has 0 aliphatic carbocycles. The molecule has 10 heteroatoms. The van der Waals surface area contributed by atoms with E-state index >= 15 is 0 Å². The summed E-state index contributed by atoms with van der Waals surface area (Å²) >= 11 is 6.09. The highest BCUT2D eigenvalue weighted by molar-refractivity contribution is 6.33. The molecule has 0 aromatic heterocycles. The Bertz CT molecular complexity index is 1070. The van der Waals surface area contributed by atoms with E-state index in [1.165, 1.54) is 0 Å². The molecule has 5 amide bonds. The lowest BCUT2D eigenvalue weighted by Crippen LogP contribution is -2.50. The van der Waals surface area contributed by atoms with E-state index in [1.807, 2.05) is 4.90 Å². The Kier molecular flexibility index (Phi) is 6.90. The topological polar surface area (TPSA) is 102 Å². The number of nitrogens with zero attached hydrogens (tertiary/aromatic N) is 3. The highest BCUT2D eigenvalue weighted by Gasteiger charge is 2.30. The van der Waals surface area contributed by atoms with E-state index in [2.05, 4.69) is 10.6 Å². The third-order valence-corrected chi connectivity index (χ3v) is 6.02. The normalized spacial score (nSPS) is 16.6. The first-order chi connectivity index (χ1) is 15.9. The van der Waals surface area contributed by atoms with Crippen molar-refractivity contribution in [1.29, 1.82) is 0 Å². The molecule has 2 aliphatic heterocycles. The minimum Gasteiger partial charge on any atom is -0.336 e. The number of piperazine rings is 1. The summed E-state index contributed by atoms with van der Waals surface area (Å²) < 4.78 is 0. The van der Waals surface area contributed by atoms with Gasteiger partial charge < -0.3 is 15.5 Å². The molecule has 0 radical (unpaired) electrons. The molecule has 0 atom stereocenters. The average molecular weight is 470 g/mol. The summed E-state index contributed by atoms with van der Waals surface area (Å²) in [7, 11) is 0. The van der Waals surface area contributed by atoms with Crippen LogP contribution in [0.15, 0.2) is 48.5 Å². The van der Waals surface area contributed by atoms with Crippen LogP contribution in [-0.4, -0.2) is 77.7 Å². The summed E-state index contributed by atoms with van der Waals surface area (Å²) in [6.07, 6.45) is 0. The lowest BCUT2D eigenvalue weighted by atomic mass is 10.1. The molecule has 2 aliphatic rings. The minimum atomic E-state index is -0.453. The predicted molar refractivity (Wildman–Crippen MR) is 123 cm³/mol. The molecule has 33 heavy (non-hydrogen) atoms. The molecule has 0 bridgehead atoms. The summed E-state index contributed by atoms with van der Waals surface area (Å²) in [6, 6.07) is 13.6. The SMILES string of the molecule is O=C(CN1CCN(C(=O)c2ccccc2CN2C(=O)CNC2=O)CC1)Nc1ccccc1Cl. The number of benzene rings is 2. The number of imide groups is 1. The maximum Gasteiger partial charge on any atom is 0.324 e. The number of carbonyl (C=O) groups is 4. The minimum absolute atomic E-state index is 0.0268. The number of amides is 5. The van der Waals surface area contributed by atoms with E-state index in [4.69, 9.17) is 11.6 Å². The van der Waals surface area contributed by atoms with Crippen LogP contribution in [0, 0.1) is 0 Å². The molecule has 2 aromatic rings. The monoisotopic (exact) mass is 469 g/mol. The number of urea groups is 1. The molecule has 4 rings (SSSR count). The lowest BCUT2D eigenvalue weighted by Gasteiger charge is -2.34. The Hall–Kier alpha value is -3.43. The number of anilines is 1. The van der Waals surface area contributed by atoms with Gasteiger partial charge in [0.05, 0.1) is 30.3 Å². The van der Waals surface area contributed by atoms with Crippen molar-refractivity contribution in [2.24, 2.45) is 0 Å². The van der Waals surface area contributed by atoms with Gasteiger partial charge in [0.2, 0.25) is 11.8 Å². The van der Waals surface area contributed by atoms with Crippen molar-refractivity contribution in [1.82, 2.24) is 20.0 Å². The highest BCUT2D eigenvalue weighted by Crippen LogP contribution is 2.21. The molecule has 172 valence electrons. The standard InChI is InChI=1S/C23H24ClN5O4/c24-18-7-3-4-8-19(18)26-20(30)15-27-9-11-28(12-10-27)22(32)17-6-2-1-5-16(17)14-29-21(31)13-25-23(29)33/h1-8H,9-15H2,(H,25,33)(H,26,30). The largest absolute Gasteiger partial charge is 0.336 e. The molecule has 0 unspecified atom stereocenters.